The predicted molar refractivity (Wildman–Crippen MR) is 170 cm³/mol. The lowest BCUT2D eigenvalue weighted by molar-refractivity contribution is -0.385. The van der Waals surface area contributed by atoms with E-state index in [1.54, 1.807) is 0 Å². The number of hydrogen-bond acceptors (Lipinski definition) is 24. The molecule has 24 nitrogen and oxygen atoms in total. The molecular formula is C31H53NO23. The molecule has 4 aliphatic heterocycles. The van der Waals surface area contributed by atoms with Crippen LogP contribution in [0.15, 0.2) is 11.6 Å². The molecule has 0 amide bonds. The average molecular weight is 808 g/mol. The first kappa shape index (κ1) is 44.9. The van der Waals surface area contributed by atoms with Crippen LogP contribution in [0.5, 0.6) is 0 Å². The maximum absolute atomic E-state index is 11.1. The van der Waals surface area contributed by atoms with Crippen LogP contribution in [-0.4, -0.2) is 255 Å². The van der Waals surface area contributed by atoms with E-state index in [1.807, 2.05) is 0 Å². The molecule has 0 bridgehead atoms. The van der Waals surface area contributed by atoms with Crippen molar-refractivity contribution in [2.45, 2.75) is 154 Å². The Morgan fingerprint density at radius 1 is 0.509 bits per heavy atom. The van der Waals surface area contributed by atoms with Crippen LogP contribution in [0, 0.1) is 0 Å². The van der Waals surface area contributed by atoms with E-state index in [0.29, 0.717) is 0 Å². The van der Waals surface area contributed by atoms with E-state index < -0.39 is 174 Å². The molecular weight excluding hydrogens is 754 g/mol. The zero-order chi connectivity index (χ0) is 40.6. The molecule has 0 radical (unpaired) electrons. The molecule has 1 aliphatic carbocycles. The van der Waals surface area contributed by atoms with Gasteiger partial charge in [0.05, 0.1) is 44.6 Å². The third-order valence-corrected chi connectivity index (χ3v) is 10.6. The van der Waals surface area contributed by atoms with Gasteiger partial charge in [0.25, 0.3) is 0 Å². The lowest BCUT2D eigenvalue weighted by Gasteiger charge is -2.49. The molecule has 1 unspecified atom stereocenters. The summed E-state index contributed by atoms with van der Waals surface area (Å²) in [6.45, 7) is -1.84. The monoisotopic (exact) mass is 807 g/mol. The van der Waals surface area contributed by atoms with E-state index in [0.717, 1.165) is 0 Å². The quantitative estimate of drug-likeness (QED) is 0.0814. The number of aliphatic hydroxyl groups excluding tert-OH is 16. The number of aliphatic hydroxyl groups is 16. The second-order valence-corrected chi connectivity index (χ2v) is 14.2. The fourth-order valence-corrected chi connectivity index (χ4v) is 7.30. The zero-order valence-corrected chi connectivity index (χ0v) is 29.3. The number of nitrogens with one attached hydrogen (secondary N) is 1. The first-order valence-corrected chi connectivity index (χ1v) is 17.6. The van der Waals surface area contributed by atoms with Gasteiger partial charge in [-0.15, -0.1) is 0 Å². The maximum atomic E-state index is 11.1. The Balaban J connectivity index is 1.22. The van der Waals surface area contributed by atoms with E-state index >= 15 is 0 Å². The second kappa shape index (κ2) is 18.8. The largest absolute Gasteiger partial charge is 0.394 e. The molecule has 0 saturated carbocycles. The summed E-state index contributed by atoms with van der Waals surface area (Å²) in [5.41, 5.74) is -0.00324. The third kappa shape index (κ3) is 9.03. The van der Waals surface area contributed by atoms with E-state index in [-0.39, 0.29) is 5.57 Å². The first-order chi connectivity index (χ1) is 26.0. The van der Waals surface area contributed by atoms with Gasteiger partial charge >= 0.3 is 0 Å². The molecule has 24 heteroatoms. The number of rotatable bonds is 12. The fourth-order valence-electron chi connectivity index (χ4n) is 7.30. The number of ether oxygens (including phenoxy) is 7. The lowest BCUT2D eigenvalue weighted by Crippen LogP contribution is -2.68. The topological polar surface area (TPSA) is 400 Å². The summed E-state index contributed by atoms with van der Waals surface area (Å²) in [5, 5.41) is 169. The van der Waals surface area contributed by atoms with Crippen LogP contribution in [0.2, 0.25) is 0 Å². The average Bonchev–Trinajstić information content (AvgIpc) is 3.17. The van der Waals surface area contributed by atoms with Crippen LogP contribution < -0.4 is 5.32 Å². The van der Waals surface area contributed by atoms with Crippen LogP contribution in [0.4, 0.5) is 0 Å². The van der Waals surface area contributed by atoms with Gasteiger partial charge in [0.1, 0.15) is 104 Å². The Hall–Kier alpha value is -1.22. The number of hydrogen-bond donors (Lipinski definition) is 17. The smallest absolute Gasteiger partial charge is 0.187 e. The van der Waals surface area contributed by atoms with E-state index in [1.165, 1.54) is 13.0 Å². The summed E-state index contributed by atoms with van der Waals surface area (Å²) >= 11 is 0. The highest BCUT2D eigenvalue weighted by atomic mass is 16.8. The van der Waals surface area contributed by atoms with Crippen LogP contribution in [0.3, 0.4) is 0 Å². The Morgan fingerprint density at radius 3 is 1.38 bits per heavy atom. The molecule has 4 heterocycles. The summed E-state index contributed by atoms with van der Waals surface area (Å²) in [7, 11) is 0. The Bertz CT molecular complexity index is 1250. The van der Waals surface area contributed by atoms with Crippen LogP contribution in [0.25, 0.3) is 0 Å². The van der Waals surface area contributed by atoms with Gasteiger partial charge in [-0.05, 0) is 12.5 Å². The van der Waals surface area contributed by atoms with Crippen molar-refractivity contribution < 1.29 is 115 Å². The zero-order valence-electron chi connectivity index (χ0n) is 29.3. The molecule has 17 N–H and O–H groups in total. The van der Waals surface area contributed by atoms with Gasteiger partial charge in [0.15, 0.2) is 25.2 Å². The minimum absolute atomic E-state index is 0.00324. The van der Waals surface area contributed by atoms with Gasteiger partial charge in [-0.2, -0.15) is 0 Å². The van der Waals surface area contributed by atoms with Gasteiger partial charge in [-0.3, -0.25) is 0 Å². The fraction of sp³-hybridized carbons (Fsp3) is 0.935. The SMILES string of the molecule is C[C@H]1O[C@H](O[C@H]2[C@H](O)[C@@H](O)[C@@H](O[C@H]3[C@H](O)[C@@H](O)[C@@H](O[C@H]4[C@H](O)[C@@H](O)C(O)O[C@@H]4CO)O[C@@H]3CO)O[C@@H]2CO)[C@H](O)[C@@H](O)[C@@H]1N[C@H]1C=C(CO)[C@@H](O)[C@H](O)[C@H]1O. The summed E-state index contributed by atoms with van der Waals surface area (Å²) < 4.78 is 38.7. The molecule has 5 aliphatic rings. The van der Waals surface area contributed by atoms with Crippen molar-refractivity contribution >= 4 is 0 Å². The maximum Gasteiger partial charge on any atom is 0.187 e. The van der Waals surface area contributed by atoms with Gasteiger partial charge in [0, 0.05) is 0 Å². The third-order valence-electron chi connectivity index (χ3n) is 10.6. The molecule has 4 fully saturated rings. The second-order valence-electron chi connectivity index (χ2n) is 14.2. The van der Waals surface area contributed by atoms with Crippen LogP contribution in [0.1, 0.15) is 6.92 Å². The molecule has 0 aromatic rings. The van der Waals surface area contributed by atoms with Crippen molar-refractivity contribution in [3.8, 4) is 0 Å². The summed E-state index contributed by atoms with van der Waals surface area (Å²) in [4.78, 5) is 0. The Kier molecular flexibility index (Phi) is 15.3. The minimum atomic E-state index is -2.04. The van der Waals surface area contributed by atoms with Crippen molar-refractivity contribution in [2.75, 3.05) is 26.4 Å². The van der Waals surface area contributed by atoms with Crippen LogP contribution in [-0.2, 0) is 33.2 Å². The highest BCUT2D eigenvalue weighted by Crippen LogP contribution is 2.34. The van der Waals surface area contributed by atoms with E-state index in [4.69, 9.17) is 33.2 Å². The summed E-state index contributed by atoms with van der Waals surface area (Å²) in [5.74, 6) is 0. The van der Waals surface area contributed by atoms with Gasteiger partial charge in [-0.25, -0.2) is 0 Å². The molecule has 0 aromatic heterocycles. The molecule has 5 rings (SSSR count). The van der Waals surface area contributed by atoms with Crippen molar-refractivity contribution in [3.63, 3.8) is 0 Å². The lowest BCUT2D eigenvalue weighted by atomic mass is 9.86. The van der Waals surface area contributed by atoms with Crippen molar-refractivity contribution in [1.29, 1.82) is 0 Å². The van der Waals surface area contributed by atoms with Gasteiger partial charge < -0.3 is 120 Å². The van der Waals surface area contributed by atoms with Crippen molar-refractivity contribution in [3.05, 3.63) is 11.6 Å². The Labute approximate surface area is 312 Å². The molecule has 55 heavy (non-hydrogen) atoms. The van der Waals surface area contributed by atoms with Gasteiger partial charge in [0.2, 0.25) is 0 Å². The first-order valence-electron chi connectivity index (χ1n) is 17.6. The normalized spacial score (nSPS) is 52.5. The molecule has 0 aromatic carbocycles. The van der Waals surface area contributed by atoms with E-state index in [2.05, 4.69) is 5.32 Å². The highest BCUT2D eigenvalue weighted by Gasteiger charge is 2.55. The summed E-state index contributed by atoms with van der Waals surface area (Å²) in [6.07, 6.45) is -36.9. The molecule has 24 atom stereocenters. The predicted octanol–water partition coefficient (Wildman–Crippen LogP) is -10.7. The van der Waals surface area contributed by atoms with Gasteiger partial charge in [-0.1, -0.05) is 6.08 Å². The van der Waals surface area contributed by atoms with E-state index in [9.17, 15) is 81.7 Å². The van der Waals surface area contributed by atoms with Crippen LogP contribution >= 0.6 is 0 Å². The molecule has 320 valence electrons. The van der Waals surface area contributed by atoms with Crippen molar-refractivity contribution in [1.82, 2.24) is 5.32 Å². The standard InChI is InChI=1S/C31H53NO23/c1-7-13(32-9-2-8(3-33)14(37)17(40)15(9)38)16(39)22(45)29(49-7)53-26-11(5-35)51-31(23(46)19(26)42)55-27-12(6-36)52-30(24(47)20(27)43)54-25-10(4-34)50-28(48)21(44)18(25)41/h2,7,9-48H,3-6H2,1H3/t7-,9+,10-,11-,12-,13-,14-,15+,16+,17+,18-,19-,20-,21-,22-,23-,24-,25-,26-,27-,28?,29-,30-,31-/m1/s1. The highest BCUT2D eigenvalue weighted by molar-refractivity contribution is 5.22. The minimum Gasteiger partial charge on any atom is -0.394 e. The van der Waals surface area contributed by atoms with Crippen molar-refractivity contribution in [2.24, 2.45) is 0 Å². The molecule has 4 saturated heterocycles. The Morgan fingerprint density at radius 2 is 0.927 bits per heavy atom. The molecule has 0 spiro atoms. The summed E-state index contributed by atoms with van der Waals surface area (Å²) in [6, 6.07) is -2.26.